The molecule has 1 heterocycles. The zero-order valence-corrected chi connectivity index (χ0v) is 18.3. The molecule has 3 aromatic rings. The van der Waals surface area contributed by atoms with E-state index in [2.05, 4.69) is 34.5 Å². The van der Waals surface area contributed by atoms with Crippen LogP contribution in [0.5, 0.6) is 5.75 Å². The van der Waals surface area contributed by atoms with Gasteiger partial charge in [0.25, 0.3) is 11.8 Å². The first kappa shape index (κ1) is 23.9. The van der Waals surface area contributed by atoms with E-state index < -0.39 is 23.4 Å². The molecule has 0 saturated heterocycles. The number of aromatic nitrogens is 2. The number of nitrogens with one attached hydrogen (secondary N) is 2. The van der Waals surface area contributed by atoms with E-state index in [9.17, 15) is 23.5 Å². The van der Waals surface area contributed by atoms with Crippen molar-refractivity contribution < 1.29 is 23.5 Å². The van der Waals surface area contributed by atoms with Gasteiger partial charge in [0.05, 0.1) is 24.0 Å². The lowest BCUT2D eigenvalue weighted by Gasteiger charge is -2.17. The highest BCUT2D eigenvalue weighted by Crippen LogP contribution is 2.24. The van der Waals surface area contributed by atoms with E-state index in [1.165, 1.54) is 24.4 Å². The predicted molar refractivity (Wildman–Crippen MR) is 120 cm³/mol. The number of rotatable bonds is 9. The highest BCUT2D eigenvalue weighted by Gasteiger charge is 2.15. The van der Waals surface area contributed by atoms with Crippen LogP contribution in [0.25, 0.3) is 0 Å². The lowest BCUT2D eigenvalue weighted by Crippen LogP contribution is -2.27. The minimum atomic E-state index is -0.883. The molecular formula is C23H25F2N5O3. The SMILES string of the molecule is CCN(CC)CCn1cc(NC(=O)c2ccc(NC(=O)c3cc(F)cc(F)c3)cc2O)cn1. The van der Waals surface area contributed by atoms with Crippen LogP contribution in [-0.4, -0.2) is 51.2 Å². The number of anilines is 2. The number of benzene rings is 2. The third-order valence-corrected chi connectivity index (χ3v) is 5.06. The van der Waals surface area contributed by atoms with Gasteiger partial charge in [-0.05, 0) is 37.4 Å². The van der Waals surface area contributed by atoms with E-state index in [4.69, 9.17) is 0 Å². The van der Waals surface area contributed by atoms with Crippen LogP contribution in [0, 0.1) is 11.6 Å². The Labute approximate surface area is 189 Å². The van der Waals surface area contributed by atoms with Crippen molar-refractivity contribution >= 4 is 23.2 Å². The second kappa shape index (κ2) is 10.7. The van der Waals surface area contributed by atoms with Crippen LogP contribution in [0.3, 0.4) is 0 Å². The summed E-state index contributed by atoms with van der Waals surface area (Å²) < 4.78 is 28.3. The van der Waals surface area contributed by atoms with E-state index in [1.54, 1.807) is 10.9 Å². The number of carbonyl (C=O) groups excluding carboxylic acids is 2. The molecule has 0 fully saturated rings. The van der Waals surface area contributed by atoms with Crippen molar-refractivity contribution in [2.45, 2.75) is 20.4 Å². The summed E-state index contributed by atoms with van der Waals surface area (Å²) in [6.07, 6.45) is 3.22. The Hall–Kier alpha value is -3.79. The van der Waals surface area contributed by atoms with Crippen LogP contribution in [-0.2, 0) is 6.54 Å². The van der Waals surface area contributed by atoms with Crippen molar-refractivity contribution in [3.63, 3.8) is 0 Å². The summed E-state index contributed by atoms with van der Waals surface area (Å²) in [5.41, 5.74) is 0.403. The summed E-state index contributed by atoms with van der Waals surface area (Å²) in [6.45, 7) is 7.56. The quantitative estimate of drug-likeness (QED) is 0.455. The number of halogens is 2. The topological polar surface area (TPSA) is 99.5 Å². The highest BCUT2D eigenvalue weighted by molar-refractivity contribution is 6.07. The molecule has 2 amide bonds. The molecule has 0 aliphatic heterocycles. The molecule has 3 N–H and O–H groups in total. The largest absolute Gasteiger partial charge is 0.507 e. The number of aromatic hydroxyl groups is 1. The third kappa shape index (κ3) is 6.36. The van der Waals surface area contributed by atoms with Crippen molar-refractivity contribution in [1.29, 1.82) is 0 Å². The molecule has 0 unspecified atom stereocenters. The second-order valence-corrected chi connectivity index (χ2v) is 7.32. The minimum Gasteiger partial charge on any atom is -0.507 e. The molecule has 10 heteroatoms. The van der Waals surface area contributed by atoms with E-state index in [-0.39, 0.29) is 22.6 Å². The molecule has 3 rings (SSSR count). The molecule has 0 spiro atoms. The molecule has 174 valence electrons. The maximum Gasteiger partial charge on any atom is 0.259 e. The highest BCUT2D eigenvalue weighted by atomic mass is 19.1. The van der Waals surface area contributed by atoms with E-state index in [0.29, 0.717) is 18.3 Å². The normalized spacial score (nSPS) is 10.9. The molecule has 1 aromatic heterocycles. The van der Waals surface area contributed by atoms with Gasteiger partial charge in [0.15, 0.2) is 0 Å². The average Bonchev–Trinajstić information content (AvgIpc) is 3.21. The molecule has 0 aliphatic rings. The second-order valence-electron chi connectivity index (χ2n) is 7.32. The Bertz CT molecular complexity index is 1120. The first-order chi connectivity index (χ1) is 15.8. The zero-order valence-electron chi connectivity index (χ0n) is 18.3. The van der Waals surface area contributed by atoms with Gasteiger partial charge in [-0.3, -0.25) is 14.3 Å². The summed E-state index contributed by atoms with van der Waals surface area (Å²) in [7, 11) is 0. The number of carbonyl (C=O) groups is 2. The molecule has 33 heavy (non-hydrogen) atoms. The minimum absolute atomic E-state index is 0.0132. The first-order valence-electron chi connectivity index (χ1n) is 10.5. The number of hydrogen-bond donors (Lipinski definition) is 3. The number of hydrogen-bond acceptors (Lipinski definition) is 5. The Morgan fingerprint density at radius 1 is 1.00 bits per heavy atom. The fraction of sp³-hybridized carbons (Fsp3) is 0.261. The fourth-order valence-corrected chi connectivity index (χ4v) is 3.22. The van der Waals surface area contributed by atoms with Gasteiger partial charge in [-0.2, -0.15) is 5.10 Å². The number of likely N-dealkylation sites (N-methyl/N-ethyl adjacent to an activating group) is 1. The van der Waals surface area contributed by atoms with Crippen LogP contribution in [0.4, 0.5) is 20.2 Å². The van der Waals surface area contributed by atoms with Crippen LogP contribution >= 0.6 is 0 Å². The van der Waals surface area contributed by atoms with Crippen LogP contribution in [0.15, 0.2) is 48.8 Å². The number of amides is 2. The first-order valence-corrected chi connectivity index (χ1v) is 10.5. The lowest BCUT2D eigenvalue weighted by atomic mass is 10.1. The standard InChI is InChI=1S/C23H25F2N5O3/c1-3-29(4-2)7-8-30-14-19(13-26-30)28-23(33)20-6-5-18(12-21(20)31)27-22(32)15-9-16(24)11-17(25)10-15/h5-6,9-14,31H,3-4,7-8H2,1-2H3,(H,27,32)(H,28,33). The summed E-state index contributed by atoms with van der Waals surface area (Å²) in [5.74, 6) is -3.45. The van der Waals surface area contributed by atoms with Gasteiger partial charge < -0.3 is 20.6 Å². The van der Waals surface area contributed by atoms with Crippen LogP contribution in [0.2, 0.25) is 0 Å². The predicted octanol–water partition coefficient (Wildman–Crippen LogP) is 3.71. The Balaban J connectivity index is 1.62. The smallest absolute Gasteiger partial charge is 0.259 e. The van der Waals surface area contributed by atoms with E-state index in [1.807, 2.05) is 0 Å². The molecule has 8 nitrogen and oxygen atoms in total. The molecule has 0 radical (unpaired) electrons. The van der Waals surface area contributed by atoms with E-state index in [0.717, 1.165) is 31.8 Å². The molecule has 0 bridgehead atoms. The van der Waals surface area contributed by atoms with Gasteiger partial charge in [0, 0.05) is 36.1 Å². The van der Waals surface area contributed by atoms with Crippen LogP contribution in [0.1, 0.15) is 34.6 Å². The third-order valence-electron chi connectivity index (χ3n) is 5.06. The number of phenolic OH excluding ortho intramolecular Hbond substituents is 1. The van der Waals surface area contributed by atoms with Crippen molar-refractivity contribution in [2.24, 2.45) is 0 Å². The number of phenols is 1. The fourth-order valence-electron chi connectivity index (χ4n) is 3.22. The Morgan fingerprint density at radius 2 is 1.67 bits per heavy atom. The summed E-state index contributed by atoms with van der Waals surface area (Å²) in [5, 5.41) is 19.6. The van der Waals surface area contributed by atoms with Crippen molar-refractivity contribution in [3.8, 4) is 5.75 Å². The molecular weight excluding hydrogens is 432 g/mol. The molecule has 0 saturated carbocycles. The monoisotopic (exact) mass is 457 g/mol. The molecule has 0 atom stereocenters. The molecule has 0 aliphatic carbocycles. The lowest BCUT2D eigenvalue weighted by molar-refractivity contribution is 0.101. The van der Waals surface area contributed by atoms with Gasteiger partial charge in [0.1, 0.15) is 17.4 Å². The van der Waals surface area contributed by atoms with Crippen LogP contribution < -0.4 is 10.6 Å². The van der Waals surface area contributed by atoms with Gasteiger partial charge in [-0.1, -0.05) is 13.8 Å². The Morgan fingerprint density at radius 3 is 2.30 bits per heavy atom. The Kier molecular flexibility index (Phi) is 7.73. The maximum absolute atomic E-state index is 13.3. The van der Waals surface area contributed by atoms with Crippen molar-refractivity contribution in [3.05, 3.63) is 71.6 Å². The van der Waals surface area contributed by atoms with Gasteiger partial charge in [0.2, 0.25) is 0 Å². The van der Waals surface area contributed by atoms with Crippen molar-refractivity contribution in [2.75, 3.05) is 30.3 Å². The maximum atomic E-state index is 13.3. The average molecular weight is 457 g/mol. The van der Waals surface area contributed by atoms with Gasteiger partial charge in [-0.25, -0.2) is 8.78 Å². The van der Waals surface area contributed by atoms with E-state index >= 15 is 0 Å². The zero-order chi connectivity index (χ0) is 24.0. The summed E-state index contributed by atoms with van der Waals surface area (Å²) in [6, 6.07) is 6.35. The summed E-state index contributed by atoms with van der Waals surface area (Å²) in [4.78, 5) is 27.0. The van der Waals surface area contributed by atoms with Crippen molar-refractivity contribution in [1.82, 2.24) is 14.7 Å². The molecule has 2 aromatic carbocycles. The van der Waals surface area contributed by atoms with Gasteiger partial charge in [-0.15, -0.1) is 0 Å². The number of nitrogens with zero attached hydrogens (tertiary/aromatic N) is 3. The summed E-state index contributed by atoms with van der Waals surface area (Å²) >= 11 is 0. The van der Waals surface area contributed by atoms with Gasteiger partial charge >= 0.3 is 0 Å².